The van der Waals surface area contributed by atoms with Crippen molar-refractivity contribution >= 4 is 71.2 Å². The highest BCUT2D eigenvalue weighted by Gasteiger charge is 2.39. The lowest BCUT2D eigenvalue weighted by Crippen LogP contribution is -2.44. The van der Waals surface area contributed by atoms with Gasteiger partial charge in [0, 0.05) is 89.0 Å². The second-order valence-electron chi connectivity index (χ2n) is 29.0. The number of phenols is 1. The minimum absolute atomic E-state index is 0.0573. The van der Waals surface area contributed by atoms with Crippen molar-refractivity contribution in [3.8, 4) is 51.7 Å². The van der Waals surface area contributed by atoms with E-state index in [0.717, 1.165) is 72.6 Å². The van der Waals surface area contributed by atoms with Crippen LogP contribution in [0.1, 0.15) is 122 Å². The highest BCUT2D eigenvalue weighted by molar-refractivity contribution is 6.06. The predicted molar refractivity (Wildman–Crippen MR) is 427 cm³/mol. The van der Waals surface area contributed by atoms with Crippen molar-refractivity contribution in [1.82, 2.24) is 24.5 Å². The molecule has 8 heterocycles. The summed E-state index contributed by atoms with van der Waals surface area (Å²) in [5.74, 6) is 3.77. The van der Waals surface area contributed by atoms with Crippen LogP contribution in [0.2, 0.25) is 0 Å². The van der Waals surface area contributed by atoms with Crippen LogP contribution in [0.5, 0.6) is 51.7 Å². The first-order chi connectivity index (χ1) is 54.6. The van der Waals surface area contributed by atoms with Crippen molar-refractivity contribution in [2.75, 3.05) is 62.9 Å². The molecule has 0 saturated carbocycles. The molecule has 2 N–H and O–H groups in total. The van der Waals surface area contributed by atoms with Crippen LogP contribution in [0, 0.1) is 0 Å². The van der Waals surface area contributed by atoms with Crippen molar-refractivity contribution in [1.29, 1.82) is 0 Å². The van der Waals surface area contributed by atoms with Gasteiger partial charge in [0.2, 0.25) is 0 Å². The fourth-order valence-electron chi connectivity index (χ4n) is 15.9. The van der Waals surface area contributed by atoms with E-state index in [4.69, 9.17) is 63.0 Å². The molecule has 0 aliphatic carbocycles. The van der Waals surface area contributed by atoms with Gasteiger partial charge in [-0.05, 0) is 163 Å². The SMILES string of the molecule is CO.COc1cc2c(cc1OCCCCCOc1cc3c(cc1OC)C(=O)N1Cc4ccccc4C[C@H]1C=N3)N=CC1Cc3ccccc3CN1C2=O.COc1cc2c(cc1OCc1cc(COc3cc4c(cc3OC)C(=O)N3Cc5cc(O)ccc5C[C@H]3C=N4)cc(CN(C)C)c1)N=C[C@@H]1Cc3ccccc3CN1C2=O. The van der Waals surface area contributed by atoms with Crippen molar-refractivity contribution < 1.29 is 67.3 Å². The molecule has 23 heteroatoms. The maximum absolute atomic E-state index is 13.9. The van der Waals surface area contributed by atoms with Crippen molar-refractivity contribution in [2.24, 2.45) is 20.0 Å². The average molecular weight is 1510 g/mol. The smallest absolute Gasteiger partial charge is 0.257 e. The number of methoxy groups -OCH3 is 4. The zero-order valence-corrected chi connectivity index (χ0v) is 63.8. The van der Waals surface area contributed by atoms with E-state index in [0.29, 0.717) is 150 Å². The number of carbonyl (C=O) groups is 4. The summed E-state index contributed by atoms with van der Waals surface area (Å²) in [5.41, 5.74) is 16.3. The Labute approximate surface area is 650 Å². The van der Waals surface area contributed by atoms with Crippen LogP contribution in [0.25, 0.3) is 0 Å². The average Bonchev–Trinajstić information content (AvgIpc) is 1.61. The number of hydrogen-bond acceptors (Lipinski definition) is 19. The topological polar surface area (TPSA) is 248 Å². The number of nitrogens with zero attached hydrogens (tertiary/aromatic N) is 9. The van der Waals surface area contributed by atoms with Gasteiger partial charge in [0.15, 0.2) is 46.0 Å². The molecular formula is C89H89N9O14. The molecule has 8 aliphatic heterocycles. The van der Waals surface area contributed by atoms with E-state index in [-0.39, 0.29) is 66.8 Å². The molecule has 4 amide bonds. The van der Waals surface area contributed by atoms with Gasteiger partial charge in [-0.1, -0.05) is 91.0 Å². The van der Waals surface area contributed by atoms with E-state index in [1.807, 2.05) is 102 Å². The third-order valence-electron chi connectivity index (χ3n) is 21.6. The molecule has 0 saturated heterocycles. The number of aliphatic hydroxyl groups is 1. The van der Waals surface area contributed by atoms with Gasteiger partial charge in [-0.2, -0.15) is 0 Å². The highest BCUT2D eigenvalue weighted by Crippen LogP contribution is 2.45. The predicted octanol–water partition coefficient (Wildman–Crippen LogP) is 13.7. The number of amides is 4. The zero-order chi connectivity index (χ0) is 77.7. The number of fused-ring (bicyclic) bond motifs is 12. The maximum atomic E-state index is 13.9. The second-order valence-corrected chi connectivity index (χ2v) is 29.0. The summed E-state index contributed by atoms with van der Waals surface area (Å²) in [6, 6.07) is 49.8. The number of aromatic hydroxyl groups is 1. The largest absolute Gasteiger partial charge is 0.508 e. The van der Waals surface area contributed by atoms with Crippen molar-refractivity contribution in [2.45, 2.75) is 115 Å². The fourth-order valence-corrected chi connectivity index (χ4v) is 15.9. The summed E-state index contributed by atoms with van der Waals surface area (Å²) in [7, 11) is 11.3. The molecule has 17 rings (SSSR count). The summed E-state index contributed by atoms with van der Waals surface area (Å²) < 4.78 is 47.9. The van der Waals surface area contributed by atoms with E-state index >= 15 is 0 Å². The molecule has 0 aromatic heterocycles. The quantitative estimate of drug-likeness (QED) is 0.0673. The minimum atomic E-state index is -0.218. The van der Waals surface area contributed by atoms with E-state index in [1.54, 1.807) is 94.0 Å². The van der Waals surface area contributed by atoms with Crippen LogP contribution in [-0.2, 0) is 71.6 Å². The van der Waals surface area contributed by atoms with Gasteiger partial charge in [0.1, 0.15) is 19.0 Å². The van der Waals surface area contributed by atoms with Gasteiger partial charge >= 0.3 is 0 Å². The molecule has 23 nitrogen and oxygen atoms in total. The number of aliphatic hydroxyl groups excluding tert-OH is 1. The van der Waals surface area contributed by atoms with Gasteiger partial charge in [0.05, 0.1) is 111 Å². The Bertz CT molecular complexity index is 5100. The zero-order valence-electron chi connectivity index (χ0n) is 63.8. The molecule has 112 heavy (non-hydrogen) atoms. The first-order valence-electron chi connectivity index (χ1n) is 37.7. The summed E-state index contributed by atoms with van der Waals surface area (Å²) in [5, 5.41) is 17.1. The molecule has 574 valence electrons. The Morgan fingerprint density at radius 2 is 0.661 bits per heavy atom. The lowest BCUT2D eigenvalue weighted by atomic mass is 9.94. The van der Waals surface area contributed by atoms with Crippen LogP contribution in [0.3, 0.4) is 0 Å². The number of hydrogen-bond donors (Lipinski definition) is 2. The monoisotopic (exact) mass is 1510 g/mol. The van der Waals surface area contributed by atoms with Crippen LogP contribution >= 0.6 is 0 Å². The molecule has 9 aromatic rings. The summed E-state index contributed by atoms with van der Waals surface area (Å²) in [6.07, 6.45) is 12.7. The van der Waals surface area contributed by atoms with E-state index in [1.165, 1.54) is 27.8 Å². The second kappa shape index (κ2) is 33.1. The Morgan fingerprint density at radius 1 is 0.357 bits per heavy atom. The molecule has 0 radical (unpaired) electrons. The first-order valence-corrected chi connectivity index (χ1v) is 37.7. The van der Waals surface area contributed by atoms with Gasteiger partial charge in [-0.3, -0.25) is 39.1 Å². The van der Waals surface area contributed by atoms with Crippen molar-refractivity contribution in [3.05, 3.63) is 241 Å². The first kappa shape index (κ1) is 75.1. The Balaban J connectivity index is 0.000000175. The summed E-state index contributed by atoms with van der Waals surface area (Å²) in [4.78, 5) is 83.7. The molecule has 8 aliphatic rings. The molecule has 1 unspecified atom stereocenters. The Morgan fingerprint density at radius 3 is 0.991 bits per heavy atom. The minimum Gasteiger partial charge on any atom is -0.508 e. The third kappa shape index (κ3) is 15.6. The lowest BCUT2D eigenvalue weighted by Gasteiger charge is -2.34. The van der Waals surface area contributed by atoms with Crippen LogP contribution in [-0.4, -0.2) is 170 Å². The van der Waals surface area contributed by atoms with Crippen molar-refractivity contribution in [3.63, 3.8) is 0 Å². The molecule has 0 spiro atoms. The molecular weight excluding hydrogens is 1420 g/mol. The molecule has 4 atom stereocenters. The van der Waals surface area contributed by atoms with Gasteiger partial charge in [-0.25, -0.2) is 0 Å². The Kier molecular flexibility index (Phi) is 22.2. The van der Waals surface area contributed by atoms with Gasteiger partial charge in [0.25, 0.3) is 23.6 Å². The normalized spacial score (nSPS) is 17.6. The van der Waals surface area contributed by atoms with E-state index in [9.17, 15) is 24.3 Å². The number of carbonyl (C=O) groups excluding carboxylic acids is 4. The highest BCUT2D eigenvalue weighted by atomic mass is 16.5. The standard InChI is InChI=1S/C47H45N5O7.C41H40N4O6.CH4O/c1-50(2)23-28-11-29(26-58-44-19-40-38(17-42(44)56-3)46(54)51-24-33-8-6-5-7-31(33)14-35(51)21-48-40)13-30(12-28)27-59-45-20-41-39(18-43(45)57-4)47(55)52-25-34-16-37(53)10-9-32(34)15-36(52)22-49-41;1-48-36-18-32-34(42-22-30-16-26-10-4-6-12-28(26)24-44(30)40(32)46)20-38(36)50-14-8-3-9-15-51-39-21-35-33(19-37(39)49-2)41(47)45-25-29-13-7-5-11-27(29)17-31(45)23-43-35;1-2/h5-13,16-22,35-36,53H,14-15,23-27H2,1-4H3;4-7,10-13,18-23,30-31H,3,8-9,14-17,24-25H2,1-2H3;2H,1H3/t35-,36-;30-,31?;/m00./s1. The Hall–Kier alpha value is -12.3. The summed E-state index contributed by atoms with van der Waals surface area (Å²) in [6.45, 7) is 4.08. The lowest BCUT2D eigenvalue weighted by molar-refractivity contribution is 0.0695. The fraction of sp³-hybridized carbons (Fsp3) is 0.303. The van der Waals surface area contributed by atoms with Crippen LogP contribution in [0.15, 0.2) is 178 Å². The number of ether oxygens (including phenoxy) is 8. The van der Waals surface area contributed by atoms with E-state index < -0.39 is 0 Å². The van der Waals surface area contributed by atoms with Crippen LogP contribution in [0.4, 0.5) is 22.7 Å². The van der Waals surface area contributed by atoms with Gasteiger partial charge < -0.3 is 72.6 Å². The summed E-state index contributed by atoms with van der Waals surface area (Å²) >= 11 is 0. The molecule has 9 aromatic carbocycles. The molecule has 0 bridgehead atoms. The third-order valence-corrected chi connectivity index (χ3v) is 21.6. The number of unbranched alkanes of at least 4 members (excludes halogenated alkanes) is 2. The van der Waals surface area contributed by atoms with E-state index in [2.05, 4.69) is 53.4 Å². The number of benzene rings is 9. The maximum Gasteiger partial charge on any atom is 0.257 e. The number of phenolic OH excluding ortho intramolecular Hbond substituents is 1. The van der Waals surface area contributed by atoms with Crippen LogP contribution < -0.4 is 37.9 Å². The molecule has 0 fully saturated rings. The number of rotatable bonds is 20. The van der Waals surface area contributed by atoms with Gasteiger partial charge in [-0.15, -0.1) is 0 Å². The number of aliphatic imine (C=N–C) groups is 4.